The Morgan fingerprint density at radius 1 is 1.03 bits per heavy atom. The predicted octanol–water partition coefficient (Wildman–Crippen LogP) is 4.30. The van der Waals surface area contributed by atoms with Crippen LogP contribution in [0.5, 0.6) is 0 Å². The van der Waals surface area contributed by atoms with Gasteiger partial charge in [-0.3, -0.25) is 15.1 Å². The molecule has 3 aromatic rings. The van der Waals surface area contributed by atoms with E-state index in [1.807, 2.05) is 0 Å². The Kier molecular flexibility index (Phi) is 5.39. The Bertz CT molecular complexity index is 1220. The van der Waals surface area contributed by atoms with Crippen LogP contribution in [0.3, 0.4) is 0 Å². The second-order valence-corrected chi connectivity index (χ2v) is 6.45. The molecule has 3 rings (SSSR count). The fraction of sp³-hybridized carbons (Fsp3) is 0.0909. The van der Waals surface area contributed by atoms with E-state index >= 15 is 0 Å². The first-order valence-electron chi connectivity index (χ1n) is 8.73. The average molecular weight is 410 g/mol. The molecule has 0 aliphatic rings. The van der Waals surface area contributed by atoms with Gasteiger partial charge in [0, 0.05) is 16.9 Å². The molecule has 0 aliphatic carbocycles. The Morgan fingerprint density at radius 3 is 2.33 bits per heavy atom. The number of benzene rings is 3. The average Bonchev–Trinajstić information content (AvgIpc) is 2.68. The standard InChI is InChI=1S/C22H17F3N4O/c1-2-3-15-11-17(26)7-9-19(15)29(21(30)22(23,24)25)18-8-6-13-10-16(20(27)28)5-4-14(13)12-18/h4-12H,26H2,1H3,(H3,27,28). The van der Waals surface area contributed by atoms with Gasteiger partial charge in [0.25, 0.3) is 0 Å². The van der Waals surface area contributed by atoms with Gasteiger partial charge in [0.1, 0.15) is 5.84 Å². The van der Waals surface area contributed by atoms with Crippen molar-refractivity contribution in [2.45, 2.75) is 13.1 Å². The zero-order valence-electron chi connectivity index (χ0n) is 15.8. The summed E-state index contributed by atoms with van der Waals surface area (Å²) in [5.74, 6) is 3.15. The molecule has 0 bridgehead atoms. The first kappa shape index (κ1) is 20.7. The number of rotatable bonds is 3. The lowest BCUT2D eigenvalue weighted by Gasteiger charge is -2.25. The van der Waals surface area contributed by atoms with Gasteiger partial charge in [0.2, 0.25) is 0 Å². The number of nitrogens with one attached hydrogen (secondary N) is 1. The maximum atomic E-state index is 13.4. The Labute approximate surface area is 170 Å². The van der Waals surface area contributed by atoms with Crippen molar-refractivity contribution in [1.29, 1.82) is 5.41 Å². The molecule has 5 nitrogen and oxygen atoms in total. The van der Waals surface area contributed by atoms with Gasteiger partial charge in [-0.2, -0.15) is 13.2 Å². The molecule has 0 aromatic heterocycles. The number of nitrogens with zero attached hydrogens (tertiary/aromatic N) is 1. The highest BCUT2D eigenvalue weighted by Crippen LogP contribution is 2.35. The highest BCUT2D eigenvalue weighted by molar-refractivity contribution is 6.07. The summed E-state index contributed by atoms with van der Waals surface area (Å²) in [5, 5.41) is 8.76. The summed E-state index contributed by atoms with van der Waals surface area (Å²) < 4.78 is 40.3. The Hall–Kier alpha value is -3.99. The minimum atomic E-state index is -5.11. The van der Waals surface area contributed by atoms with Gasteiger partial charge in [-0.05, 0) is 54.1 Å². The second kappa shape index (κ2) is 7.79. The largest absolute Gasteiger partial charge is 0.472 e. The number of nitrogens with two attached hydrogens (primary N) is 2. The minimum absolute atomic E-state index is 0.0179. The molecule has 0 saturated carbocycles. The van der Waals surface area contributed by atoms with Crippen molar-refractivity contribution in [2.75, 3.05) is 10.6 Å². The molecule has 3 aromatic carbocycles. The van der Waals surface area contributed by atoms with Crippen LogP contribution in [0.15, 0.2) is 54.6 Å². The van der Waals surface area contributed by atoms with Crippen LogP contribution in [0.1, 0.15) is 18.1 Å². The molecule has 0 fully saturated rings. The number of amidine groups is 1. The van der Waals surface area contributed by atoms with Crippen molar-refractivity contribution in [3.05, 3.63) is 65.7 Å². The molecule has 1 amide bonds. The lowest BCUT2D eigenvalue weighted by Crippen LogP contribution is -2.38. The maximum Gasteiger partial charge on any atom is 0.472 e. The third kappa shape index (κ3) is 4.05. The van der Waals surface area contributed by atoms with Gasteiger partial charge in [0.15, 0.2) is 0 Å². The monoisotopic (exact) mass is 410 g/mol. The first-order chi connectivity index (χ1) is 14.1. The minimum Gasteiger partial charge on any atom is -0.399 e. The molecule has 0 aliphatic heterocycles. The number of amides is 1. The van der Waals surface area contributed by atoms with E-state index in [2.05, 4.69) is 11.8 Å². The molecule has 152 valence electrons. The number of hydrogen-bond acceptors (Lipinski definition) is 3. The van der Waals surface area contributed by atoms with Crippen molar-refractivity contribution < 1.29 is 18.0 Å². The zero-order valence-corrected chi connectivity index (χ0v) is 15.8. The fourth-order valence-electron chi connectivity index (χ4n) is 3.02. The van der Waals surface area contributed by atoms with E-state index in [4.69, 9.17) is 16.9 Å². The van der Waals surface area contributed by atoms with E-state index in [0.29, 0.717) is 26.9 Å². The lowest BCUT2D eigenvalue weighted by atomic mass is 10.0. The highest BCUT2D eigenvalue weighted by Gasteiger charge is 2.44. The van der Waals surface area contributed by atoms with Gasteiger partial charge < -0.3 is 11.5 Å². The molecule has 0 saturated heterocycles. The van der Waals surface area contributed by atoms with E-state index in [1.165, 1.54) is 37.3 Å². The summed E-state index contributed by atoms with van der Waals surface area (Å²) in [5.41, 5.74) is 12.2. The number of carbonyl (C=O) groups is 1. The van der Waals surface area contributed by atoms with Crippen LogP contribution in [-0.4, -0.2) is 17.9 Å². The number of anilines is 3. The van der Waals surface area contributed by atoms with Crippen molar-refractivity contribution in [2.24, 2.45) is 5.73 Å². The van der Waals surface area contributed by atoms with Crippen LogP contribution in [0.2, 0.25) is 0 Å². The van der Waals surface area contributed by atoms with Gasteiger partial charge in [-0.15, -0.1) is 5.92 Å². The van der Waals surface area contributed by atoms with Gasteiger partial charge in [-0.25, -0.2) is 0 Å². The number of alkyl halides is 3. The smallest absolute Gasteiger partial charge is 0.399 e. The van der Waals surface area contributed by atoms with Crippen molar-refractivity contribution in [3.8, 4) is 11.8 Å². The highest BCUT2D eigenvalue weighted by atomic mass is 19.4. The van der Waals surface area contributed by atoms with Crippen LogP contribution in [0, 0.1) is 17.3 Å². The topological polar surface area (TPSA) is 96.2 Å². The van der Waals surface area contributed by atoms with Crippen LogP contribution in [-0.2, 0) is 4.79 Å². The van der Waals surface area contributed by atoms with Crippen molar-refractivity contribution in [3.63, 3.8) is 0 Å². The Morgan fingerprint density at radius 2 is 1.70 bits per heavy atom. The first-order valence-corrected chi connectivity index (χ1v) is 8.73. The van der Waals surface area contributed by atoms with E-state index in [1.54, 1.807) is 24.3 Å². The van der Waals surface area contributed by atoms with Gasteiger partial charge >= 0.3 is 12.1 Å². The van der Waals surface area contributed by atoms with E-state index in [0.717, 1.165) is 0 Å². The van der Waals surface area contributed by atoms with Crippen LogP contribution in [0.25, 0.3) is 10.8 Å². The number of hydrogen-bond donors (Lipinski definition) is 3. The van der Waals surface area contributed by atoms with Crippen LogP contribution in [0.4, 0.5) is 30.2 Å². The molecular weight excluding hydrogens is 393 g/mol. The summed E-state index contributed by atoms with van der Waals surface area (Å²) in [7, 11) is 0. The van der Waals surface area contributed by atoms with E-state index in [9.17, 15) is 18.0 Å². The second-order valence-electron chi connectivity index (χ2n) is 6.45. The molecule has 0 spiro atoms. The third-order valence-electron chi connectivity index (χ3n) is 4.36. The summed E-state index contributed by atoms with van der Waals surface area (Å²) in [6.07, 6.45) is -5.11. The SMILES string of the molecule is CC#Cc1cc(N)ccc1N(C(=O)C(F)(F)F)c1ccc2cc(C(=N)N)ccc2c1. The summed E-state index contributed by atoms with van der Waals surface area (Å²) in [4.78, 5) is 12.9. The normalized spacial score (nSPS) is 10.9. The summed E-state index contributed by atoms with van der Waals surface area (Å²) in [6, 6.07) is 13.4. The number of halogens is 3. The number of fused-ring (bicyclic) bond motifs is 1. The summed E-state index contributed by atoms with van der Waals surface area (Å²) >= 11 is 0. The third-order valence-corrected chi connectivity index (χ3v) is 4.36. The number of nitrogen functional groups attached to an aromatic ring is 2. The molecule has 5 N–H and O–H groups in total. The summed E-state index contributed by atoms with van der Waals surface area (Å²) in [6.45, 7) is 1.53. The van der Waals surface area contributed by atoms with Gasteiger partial charge in [-0.1, -0.05) is 24.1 Å². The molecule has 0 atom stereocenters. The molecule has 0 heterocycles. The van der Waals surface area contributed by atoms with E-state index in [-0.39, 0.29) is 22.8 Å². The Balaban J connectivity index is 2.23. The fourth-order valence-corrected chi connectivity index (χ4v) is 3.02. The van der Waals surface area contributed by atoms with Crippen LogP contribution >= 0.6 is 0 Å². The lowest BCUT2D eigenvalue weighted by molar-refractivity contribution is -0.169. The van der Waals surface area contributed by atoms with Crippen molar-refractivity contribution >= 4 is 39.6 Å². The molecular formula is C22H17F3N4O. The molecule has 30 heavy (non-hydrogen) atoms. The zero-order chi connectivity index (χ0) is 22.1. The van der Waals surface area contributed by atoms with Crippen LogP contribution < -0.4 is 16.4 Å². The maximum absolute atomic E-state index is 13.4. The molecule has 0 radical (unpaired) electrons. The number of carbonyl (C=O) groups excluding carboxylic acids is 1. The predicted molar refractivity (Wildman–Crippen MR) is 112 cm³/mol. The quantitative estimate of drug-likeness (QED) is 0.260. The molecule has 8 heteroatoms. The molecule has 0 unspecified atom stereocenters. The van der Waals surface area contributed by atoms with Gasteiger partial charge in [0.05, 0.1) is 11.3 Å². The van der Waals surface area contributed by atoms with E-state index < -0.39 is 12.1 Å². The van der Waals surface area contributed by atoms with Crippen molar-refractivity contribution in [1.82, 2.24) is 0 Å².